The highest BCUT2D eigenvalue weighted by molar-refractivity contribution is 7.26. The van der Waals surface area contributed by atoms with Gasteiger partial charge in [-0.2, -0.15) is 0 Å². The van der Waals surface area contributed by atoms with Crippen molar-refractivity contribution in [1.82, 2.24) is 0 Å². The summed E-state index contributed by atoms with van der Waals surface area (Å²) in [6, 6.07) is 10.0. The average Bonchev–Trinajstić information content (AvgIpc) is 2.53. The largest absolute Gasteiger partial charge is 0.228 e. The summed E-state index contributed by atoms with van der Waals surface area (Å²) in [5.41, 5.74) is 1.03. The predicted octanol–water partition coefficient (Wildman–Crippen LogP) is 3.35. The molecule has 3 heteroatoms. The molecular formula is C10H9NS2. The van der Waals surface area contributed by atoms with E-state index < -0.39 is 0 Å². The molecule has 0 N–H and O–H groups in total. The zero-order valence-electron chi connectivity index (χ0n) is 7.23. The van der Waals surface area contributed by atoms with E-state index in [9.17, 15) is 0 Å². The minimum atomic E-state index is 1.03. The maximum absolute atomic E-state index is 4.50. The van der Waals surface area contributed by atoms with Crippen LogP contribution in [0.4, 0.5) is 5.69 Å². The number of para-hydroxylation sites is 1. The van der Waals surface area contributed by atoms with Crippen molar-refractivity contribution in [2.75, 3.05) is 0 Å². The molecule has 0 saturated heterocycles. The zero-order valence-corrected chi connectivity index (χ0v) is 8.86. The Morgan fingerprint density at radius 2 is 1.92 bits per heavy atom. The van der Waals surface area contributed by atoms with Crippen LogP contribution in [0.25, 0.3) is 0 Å². The lowest BCUT2D eigenvalue weighted by Crippen LogP contribution is -1.82. The van der Waals surface area contributed by atoms with Crippen molar-refractivity contribution >= 4 is 28.4 Å². The summed E-state index contributed by atoms with van der Waals surface area (Å²) in [6.45, 7) is 2.10. The van der Waals surface area contributed by atoms with Gasteiger partial charge in [-0.15, -0.1) is 22.7 Å². The highest BCUT2D eigenvalue weighted by Gasteiger charge is 1.89. The molecular weight excluding hydrogens is 198 g/mol. The van der Waals surface area contributed by atoms with Crippen LogP contribution in [-0.2, 0) is 0 Å². The van der Waals surface area contributed by atoms with Crippen LogP contribution in [0.2, 0.25) is 0 Å². The summed E-state index contributed by atoms with van der Waals surface area (Å²) in [6.07, 6.45) is 0. The first-order valence-electron chi connectivity index (χ1n) is 3.99. The lowest BCUT2D eigenvalue weighted by atomic mass is 10.3. The van der Waals surface area contributed by atoms with E-state index in [1.807, 2.05) is 30.3 Å². The first-order valence-corrected chi connectivity index (χ1v) is 5.69. The maximum Gasteiger partial charge on any atom is 0.171 e. The van der Waals surface area contributed by atoms with E-state index in [4.69, 9.17) is 0 Å². The molecule has 13 heavy (non-hydrogen) atoms. The molecule has 0 atom stereocenters. The predicted molar refractivity (Wildman–Crippen MR) is 58.6 cm³/mol. The normalized spacial score (nSPS) is 11.9. The van der Waals surface area contributed by atoms with Crippen LogP contribution < -0.4 is 3.98 Å². The Morgan fingerprint density at radius 3 is 2.54 bits per heavy atom. The molecule has 0 radical (unpaired) electrons. The second-order valence-corrected chi connectivity index (χ2v) is 5.01. The minimum Gasteiger partial charge on any atom is -0.228 e. The fourth-order valence-corrected chi connectivity index (χ4v) is 2.90. The van der Waals surface area contributed by atoms with Gasteiger partial charge in [0.15, 0.2) is 3.98 Å². The van der Waals surface area contributed by atoms with Crippen molar-refractivity contribution in [2.45, 2.75) is 6.92 Å². The molecule has 0 bridgehead atoms. The molecule has 0 aliphatic heterocycles. The molecule has 0 saturated carbocycles. The Kier molecular flexibility index (Phi) is 2.57. The summed E-state index contributed by atoms with van der Waals surface area (Å²) >= 11 is 3.43. The molecule has 0 fully saturated rings. The fourth-order valence-electron chi connectivity index (χ4n) is 0.976. The Labute approximate surface area is 85.0 Å². The highest BCUT2D eigenvalue weighted by atomic mass is 32.2. The van der Waals surface area contributed by atoms with E-state index in [-0.39, 0.29) is 0 Å². The topological polar surface area (TPSA) is 12.4 Å². The summed E-state index contributed by atoms with van der Waals surface area (Å²) in [7, 11) is 0. The lowest BCUT2D eigenvalue weighted by molar-refractivity contribution is 1.46. The standard InChI is InChI=1S/C10H9NS2/c1-8-7-12-10(13-8)11-9-5-3-2-4-6-9/h2-7H,1H3. The third kappa shape index (κ3) is 2.26. The minimum absolute atomic E-state index is 1.03. The molecule has 1 aromatic carbocycles. The monoisotopic (exact) mass is 207 g/mol. The Morgan fingerprint density at radius 1 is 1.15 bits per heavy atom. The first kappa shape index (κ1) is 8.66. The van der Waals surface area contributed by atoms with Crippen LogP contribution in [0.15, 0.2) is 40.7 Å². The number of benzene rings is 1. The third-order valence-corrected chi connectivity index (χ3v) is 3.71. The molecule has 0 amide bonds. The van der Waals surface area contributed by atoms with Gasteiger partial charge in [0, 0.05) is 10.3 Å². The van der Waals surface area contributed by atoms with Crippen molar-refractivity contribution in [3.05, 3.63) is 44.6 Å². The van der Waals surface area contributed by atoms with Gasteiger partial charge in [0.2, 0.25) is 0 Å². The molecule has 2 rings (SSSR count). The van der Waals surface area contributed by atoms with E-state index in [2.05, 4.69) is 17.3 Å². The highest BCUT2D eigenvalue weighted by Crippen LogP contribution is 2.11. The second kappa shape index (κ2) is 3.85. The number of rotatable bonds is 1. The lowest BCUT2D eigenvalue weighted by Gasteiger charge is -1.87. The number of aryl methyl sites for hydroxylation is 1. The Balaban J connectivity index is 2.42. The number of hydrogen-bond acceptors (Lipinski definition) is 3. The zero-order chi connectivity index (χ0) is 9.10. The van der Waals surface area contributed by atoms with Crippen LogP contribution >= 0.6 is 22.7 Å². The maximum atomic E-state index is 4.50. The molecule has 1 heterocycles. The van der Waals surface area contributed by atoms with Gasteiger partial charge in [-0.25, -0.2) is 4.99 Å². The van der Waals surface area contributed by atoms with E-state index in [0.717, 1.165) is 9.67 Å². The van der Waals surface area contributed by atoms with E-state index >= 15 is 0 Å². The van der Waals surface area contributed by atoms with Crippen LogP contribution in [-0.4, -0.2) is 0 Å². The van der Waals surface area contributed by atoms with Gasteiger partial charge < -0.3 is 0 Å². The SMILES string of the molecule is Cc1csc(=Nc2ccccc2)s1. The number of nitrogens with zero attached hydrogens (tertiary/aromatic N) is 1. The summed E-state index contributed by atoms with van der Waals surface area (Å²) in [5.74, 6) is 0. The molecule has 0 aliphatic carbocycles. The van der Waals surface area contributed by atoms with Crippen LogP contribution in [0.1, 0.15) is 4.88 Å². The van der Waals surface area contributed by atoms with Gasteiger partial charge >= 0.3 is 0 Å². The molecule has 66 valence electrons. The van der Waals surface area contributed by atoms with Gasteiger partial charge in [0.05, 0.1) is 5.69 Å². The van der Waals surface area contributed by atoms with Crippen molar-refractivity contribution < 1.29 is 0 Å². The third-order valence-electron chi connectivity index (χ3n) is 1.55. The molecule has 0 spiro atoms. The quantitative estimate of drug-likeness (QED) is 0.680. The van der Waals surface area contributed by atoms with Gasteiger partial charge in [0.1, 0.15) is 0 Å². The number of hydrogen-bond donors (Lipinski definition) is 0. The first-order chi connectivity index (χ1) is 6.34. The van der Waals surface area contributed by atoms with E-state index in [1.54, 1.807) is 22.7 Å². The Bertz CT molecular complexity index is 439. The summed E-state index contributed by atoms with van der Waals surface area (Å²) in [4.78, 5) is 5.82. The van der Waals surface area contributed by atoms with Gasteiger partial charge in [0.25, 0.3) is 0 Å². The fraction of sp³-hybridized carbons (Fsp3) is 0.100. The van der Waals surface area contributed by atoms with Gasteiger partial charge in [-0.3, -0.25) is 0 Å². The van der Waals surface area contributed by atoms with Crippen molar-refractivity contribution in [3.63, 3.8) is 0 Å². The Hall–Kier alpha value is -0.930. The van der Waals surface area contributed by atoms with Crippen molar-refractivity contribution in [2.24, 2.45) is 4.99 Å². The summed E-state index contributed by atoms with van der Waals surface area (Å²) < 4.78 is 1.11. The van der Waals surface area contributed by atoms with Crippen molar-refractivity contribution in [1.29, 1.82) is 0 Å². The second-order valence-electron chi connectivity index (χ2n) is 2.66. The molecule has 1 nitrogen and oxygen atoms in total. The van der Waals surface area contributed by atoms with Gasteiger partial charge in [-0.05, 0) is 19.1 Å². The van der Waals surface area contributed by atoms with Crippen LogP contribution in [0.3, 0.4) is 0 Å². The van der Waals surface area contributed by atoms with E-state index in [1.165, 1.54) is 4.88 Å². The molecule has 1 aromatic heterocycles. The van der Waals surface area contributed by atoms with Crippen molar-refractivity contribution in [3.8, 4) is 0 Å². The molecule has 0 unspecified atom stereocenters. The smallest absolute Gasteiger partial charge is 0.171 e. The average molecular weight is 207 g/mol. The molecule has 2 aromatic rings. The molecule has 0 aliphatic rings. The summed E-state index contributed by atoms with van der Waals surface area (Å²) in [5, 5.41) is 2.13. The van der Waals surface area contributed by atoms with Gasteiger partial charge in [-0.1, -0.05) is 18.2 Å². The van der Waals surface area contributed by atoms with Crippen LogP contribution in [0.5, 0.6) is 0 Å². The van der Waals surface area contributed by atoms with Crippen LogP contribution in [0, 0.1) is 6.92 Å². The van der Waals surface area contributed by atoms with E-state index in [0.29, 0.717) is 0 Å².